The van der Waals surface area contributed by atoms with Crippen molar-refractivity contribution < 1.29 is 9.47 Å². The second-order valence-electron chi connectivity index (χ2n) is 5.46. The van der Waals surface area contributed by atoms with Gasteiger partial charge in [-0.15, -0.1) is 0 Å². The Morgan fingerprint density at radius 3 is 2.56 bits per heavy atom. The molecule has 4 rings (SSSR count). The highest BCUT2D eigenvalue weighted by molar-refractivity contribution is 5.94. The van der Waals surface area contributed by atoms with Crippen molar-refractivity contribution in [2.45, 2.75) is 38.9 Å². The van der Waals surface area contributed by atoms with Crippen molar-refractivity contribution in [2.24, 2.45) is 0 Å². The predicted molar refractivity (Wildman–Crippen MR) is 71.5 cm³/mol. The summed E-state index contributed by atoms with van der Waals surface area (Å²) in [6.07, 6.45) is 2.61. The van der Waals surface area contributed by atoms with Gasteiger partial charge in [-0.25, -0.2) is 0 Å². The first-order valence-electron chi connectivity index (χ1n) is 6.63. The van der Waals surface area contributed by atoms with E-state index in [1.165, 1.54) is 21.9 Å². The summed E-state index contributed by atoms with van der Waals surface area (Å²) in [5, 5.41) is 2.54. The summed E-state index contributed by atoms with van der Waals surface area (Å²) in [6, 6.07) is 8.68. The van der Waals surface area contributed by atoms with Crippen LogP contribution in [0.4, 0.5) is 0 Å². The van der Waals surface area contributed by atoms with Crippen LogP contribution in [0.5, 0.6) is 11.5 Å². The van der Waals surface area contributed by atoms with E-state index in [1.54, 1.807) is 0 Å². The molecule has 2 aromatic carbocycles. The lowest BCUT2D eigenvalue weighted by molar-refractivity contribution is 0.254. The van der Waals surface area contributed by atoms with Crippen LogP contribution in [0.25, 0.3) is 10.8 Å². The van der Waals surface area contributed by atoms with E-state index in [-0.39, 0.29) is 0 Å². The maximum atomic E-state index is 5.97. The molecule has 2 aliphatic rings. The lowest BCUT2D eigenvalue weighted by Gasteiger charge is -2.09. The molecule has 0 bridgehead atoms. The summed E-state index contributed by atoms with van der Waals surface area (Å²) < 4.78 is 11.8. The summed E-state index contributed by atoms with van der Waals surface area (Å²) in [7, 11) is 0. The van der Waals surface area contributed by atoms with Gasteiger partial charge < -0.3 is 9.47 Å². The quantitative estimate of drug-likeness (QED) is 0.701. The Bertz CT molecular complexity index is 588. The molecule has 2 atom stereocenters. The summed E-state index contributed by atoms with van der Waals surface area (Å²) >= 11 is 0. The summed E-state index contributed by atoms with van der Waals surface area (Å²) in [5.41, 5.74) is 2.67. The number of hydrogen-bond donors (Lipinski definition) is 0. The molecule has 0 amide bonds. The summed E-state index contributed by atoms with van der Waals surface area (Å²) in [4.78, 5) is 0. The van der Waals surface area contributed by atoms with Crippen LogP contribution in [0.15, 0.2) is 24.3 Å². The van der Waals surface area contributed by atoms with Crippen molar-refractivity contribution in [1.29, 1.82) is 0 Å². The third kappa shape index (κ3) is 1.29. The molecule has 2 aromatic rings. The van der Waals surface area contributed by atoms with E-state index in [1.807, 2.05) is 0 Å². The molecule has 0 spiro atoms. The average Bonchev–Trinajstić information content (AvgIpc) is 2.89. The first kappa shape index (κ1) is 10.2. The zero-order valence-corrected chi connectivity index (χ0v) is 10.7. The van der Waals surface area contributed by atoms with Gasteiger partial charge in [0.2, 0.25) is 0 Å². The SMILES string of the molecule is CC1Cc2c(ccc3c4c(ccc23)CC(C)O4)O1. The second-order valence-corrected chi connectivity index (χ2v) is 5.46. The molecule has 0 aromatic heterocycles. The lowest BCUT2D eigenvalue weighted by Crippen LogP contribution is -2.05. The minimum absolute atomic E-state index is 0.290. The third-order valence-electron chi connectivity index (χ3n) is 3.95. The fraction of sp³-hybridized carbons (Fsp3) is 0.375. The van der Waals surface area contributed by atoms with E-state index < -0.39 is 0 Å². The Morgan fingerprint density at radius 2 is 1.67 bits per heavy atom. The van der Waals surface area contributed by atoms with Crippen molar-refractivity contribution in [3.8, 4) is 11.5 Å². The van der Waals surface area contributed by atoms with Crippen molar-refractivity contribution in [3.63, 3.8) is 0 Å². The molecule has 0 saturated carbocycles. The van der Waals surface area contributed by atoms with E-state index in [0.29, 0.717) is 12.2 Å². The molecule has 0 radical (unpaired) electrons. The van der Waals surface area contributed by atoms with Crippen molar-refractivity contribution in [3.05, 3.63) is 35.4 Å². The van der Waals surface area contributed by atoms with E-state index in [2.05, 4.69) is 38.1 Å². The summed E-state index contributed by atoms with van der Waals surface area (Å²) in [6.45, 7) is 4.25. The number of ether oxygens (including phenoxy) is 2. The molecule has 92 valence electrons. The molecule has 0 aliphatic carbocycles. The predicted octanol–water partition coefficient (Wildman–Crippen LogP) is 3.49. The highest BCUT2D eigenvalue weighted by atomic mass is 16.5. The Hall–Kier alpha value is -1.70. The maximum Gasteiger partial charge on any atom is 0.130 e. The van der Waals surface area contributed by atoms with Gasteiger partial charge in [0.15, 0.2) is 0 Å². The van der Waals surface area contributed by atoms with Gasteiger partial charge in [-0.1, -0.05) is 12.1 Å². The van der Waals surface area contributed by atoms with Crippen LogP contribution in [0, 0.1) is 0 Å². The van der Waals surface area contributed by atoms with Crippen LogP contribution in [0.1, 0.15) is 25.0 Å². The second kappa shape index (κ2) is 3.41. The molecule has 0 N–H and O–H groups in total. The van der Waals surface area contributed by atoms with Crippen LogP contribution in [-0.4, -0.2) is 12.2 Å². The van der Waals surface area contributed by atoms with Gasteiger partial charge in [-0.05, 0) is 36.9 Å². The van der Waals surface area contributed by atoms with Crippen LogP contribution < -0.4 is 9.47 Å². The van der Waals surface area contributed by atoms with Crippen LogP contribution in [0.3, 0.4) is 0 Å². The van der Waals surface area contributed by atoms with E-state index >= 15 is 0 Å². The number of rotatable bonds is 0. The van der Waals surface area contributed by atoms with Gasteiger partial charge in [-0.3, -0.25) is 0 Å². The van der Waals surface area contributed by atoms with Gasteiger partial charge in [0.05, 0.1) is 0 Å². The smallest absolute Gasteiger partial charge is 0.130 e. The summed E-state index contributed by atoms with van der Waals surface area (Å²) in [5.74, 6) is 2.13. The molecule has 0 fully saturated rings. The van der Waals surface area contributed by atoms with Crippen molar-refractivity contribution in [1.82, 2.24) is 0 Å². The van der Waals surface area contributed by atoms with Gasteiger partial charge in [0.1, 0.15) is 23.7 Å². The Morgan fingerprint density at radius 1 is 0.889 bits per heavy atom. The average molecular weight is 240 g/mol. The monoisotopic (exact) mass is 240 g/mol. The molecular weight excluding hydrogens is 224 g/mol. The molecule has 0 saturated heterocycles. The van der Waals surface area contributed by atoms with E-state index in [0.717, 1.165) is 24.3 Å². The largest absolute Gasteiger partial charge is 0.490 e. The third-order valence-corrected chi connectivity index (χ3v) is 3.95. The molecule has 2 nitrogen and oxygen atoms in total. The fourth-order valence-electron chi connectivity index (χ4n) is 3.18. The Labute approximate surface area is 107 Å². The minimum atomic E-state index is 0.290. The first-order valence-corrected chi connectivity index (χ1v) is 6.63. The standard InChI is InChI=1S/C16H16O2/c1-9-7-11-3-4-12-13(16(11)18-9)5-6-15-14(12)8-10(2)17-15/h3-6,9-10H,7-8H2,1-2H3. The molecule has 2 unspecified atom stereocenters. The van der Waals surface area contributed by atoms with Gasteiger partial charge in [-0.2, -0.15) is 0 Å². The number of benzene rings is 2. The molecular formula is C16H16O2. The highest BCUT2D eigenvalue weighted by Crippen LogP contribution is 2.42. The van der Waals surface area contributed by atoms with E-state index in [9.17, 15) is 0 Å². The van der Waals surface area contributed by atoms with Gasteiger partial charge in [0.25, 0.3) is 0 Å². The highest BCUT2D eigenvalue weighted by Gasteiger charge is 2.26. The zero-order chi connectivity index (χ0) is 12.3. The number of hydrogen-bond acceptors (Lipinski definition) is 2. The van der Waals surface area contributed by atoms with Gasteiger partial charge >= 0.3 is 0 Å². The molecule has 2 heteroatoms. The first-order chi connectivity index (χ1) is 8.72. The Kier molecular flexibility index (Phi) is 1.94. The van der Waals surface area contributed by atoms with Crippen LogP contribution in [-0.2, 0) is 12.8 Å². The lowest BCUT2D eigenvalue weighted by atomic mass is 9.98. The topological polar surface area (TPSA) is 18.5 Å². The molecule has 2 aliphatic heterocycles. The maximum absolute atomic E-state index is 5.97. The molecule has 2 heterocycles. The number of fused-ring (bicyclic) bond motifs is 5. The fourth-order valence-corrected chi connectivity index (χ4v) is 3.18. The Balaban J connectivity index is 2.00. The van der Waals surface area contributed by atoms with Crippen LogP contribution >= 0.6 is 0 Å². The zero-order valence-electron chi connectivity index (χ0n) is 10.7. The van der Waals surface area contributed by atoms with Gasteiger partial charge in [0, 0.05) is 23.8 Å². The minimum Gasteiger partial charge on any atom is -0.490 e. The molecule has 18 heavy (non-hydrogen) atoms. The van der Waals surface area contributed by atoms with E-state index in [4.69, 9.17) is 9.47 Å². The van der Waals surface area contributed by atoms with Crippen molar-refractivity contribution >= 4 is 10.8 Å². The normalized spacial score (nSPS) is 24.6. The van der Waals surface area contributed by atoms with Crippen LogP contribution in [0.2, 0.25) is 0 Å². The van der Waals surface area contributed by atoms with Crippen molar-refractivity contribution in [2.75, 3.05) is 0 Å².